The quantitative estimate of drug-likeness (QED) is 0.621. The van der Waals surface area contributed by atoms with Gasteiger partial charge in [-0.2, -0.15) is 0 Å². The van der Waals surface area contributed by atoms with E-state index in [4.69, 9.17) is 18.0 Å². The van der Waals surface area contributed by atoms with Crippen LogP contribution in [-0.4, -0.2) is 27.2 Å². The summed E-state index contributed by atoms with van der Waals surface area (Å²) in [5.74, 6) is 0.348. The summed E-state index contributed by atoms with van der Waals surface area (Å²) in [7, 11) is 0. The topological polar surface area (TPSA) is 63.4 Å². The maximum absolute atomic E-state index is 12.5. The van der Waals surface area contributed by atoms with E-state index in [9.17, 15) is 9.59 Å². The number of carbonyl (C=O) groups excluding carboxylic acids is 2. The normalized spacial score (nSPS) is 34.7. The van der Waals surface area contributed by atoms with Crippen molar-refractivity contribution in [3.63, 3.8) is 0 Å². The van der Waals surface area contributed by atoms with Gasteiger partial charge in [0, 0.05) is 6.42 Å². The number of rotatable bonds is 2. The second kappa shape index (κ2) is 4.54. The minimum atomic E-state index is -0.718. The van der Waals surface area contributed by atoms with Crippen LogP contribution in [0.4, 0.5) is 0 Å². The van der Waals surface area contributed by atoms with Gasteiger partial charge in [-0.3, -0.25) is 14.5 Å². The first kappa shape index (κ1) is 14.4. The second-order valence-electron chi connectivity index (χ2n) is 6.67. The van der Waals surface area contributed by atoms with Crippen molar-refractivity contribution in [3.05, 3.63) is 0 Å². The van der Waals surface area contributed by atoms with Crippen molar-refractivity contribution < 1.29 is 9.59 Å². The molecule has 0 atom stereocenters. The number of carbonyl (C=O) groups is 2. The average Bonchev–Trinajstić information content (AvgIpc) is 2.50. The molecule has 1 aliphatic carbocycles. The number of hydrogen-bond acceptors (Lipinski definition) is 3. The van der Waals surface area contributed by atoms with Gasteiger partial charge in [0.1, 0.15) is 5.54 Å². The van der Waals surface area contributed by atoms with Gasteiger partial charge in [0.2, 0.25) is 11.8 Å². The van der Waals surface area contributed by atoms with Crippen molar-refractivity contribution in [1.29, 1.82) is 0 Å². The van der Waals surface area contributed by atoms with E-state index in [-0.39, 0.29) is 18.2 Å². The van der Waals surface area contributed by atoms with E-state index in [0.717, 1.165) is 12.8 Å². The minimum absolute atomic E-state index is 0.125. The zero-order chi connectivity index (χ0) is 14.4. The van der Waals surface area contributed by atoms with E-state index in [2.05, 4.69) is 6.92 Å². The summed E-state index contributed by atoms with van der Waals surface area (Å²) < 4.78 is 0. The number of nitrogens with two attached hydrogens (primary N) is 1. The van der Waals surface area contributed by atoms with Crippen molar-refractivity contribution in [2.45, 2.75) is 58.4 Å². The van der Waals surface area contributed by atoms with Crippen LogP contribution in [0.3, 0.4) is 0 Å². The zero-order valence-electron chi connectivity index (χ0n) is 11.9. The highest BCUT2D eigenvalue weighted by Crippen LogP contribution is 2.43. The van der Waals surface area contributed by atoms with Crippen molar-refractivity contribution in [3.8, 4) is 0 Å². The van der Waals surface area contributed by atoms with Crippen LogP contribution in [0, 0.1) is 11.3 Å². The third kappa shape index (κ3) is 2.18. The lowest BCUT2D eigenvalue weighted by molar-refractivity contribution is -0.146. The third-order valence-corrected chi connectivity index (χ3v) is 4.99. The lowest BCUT2D eigenvalue weighted by Crippen LogP contribution is -2.60. The van der Waals surface area contributed by atoms with Crippen LogP contribution in [0.25, 0.3) is 0 Å². The van der Waals surface area contributed by atoms with Crippen LogP contribution < -0.4 is 5.73 Å². The number of nitrogens with zero attached hydrogens (tertiary/aromatic N) is 1. The van der Waals surface area contributed by atoms with Crippen LogP contribution in [0.2, 0.25) is 0 Å². The van der Waals surface area contributed by atoms with Gasteiger partial charge in [0.25, 0.3) is 0 Å². The SMILES string of the molecule is CC1CCC(C(N)=S)(N2C(=O)CC(C)(C)C2=O)CC1. The van der Waals surface area contributed by atoms with Crippen molar-refractivity contribution in [2.24, 2.45) is 17.1 Å². The first-order chi connectivity index (χ1) is 8.70. The first-order valence-corrected chi connectivity index (χ1v) is 7.29. The molecule has 19 heavy (non-hydrogen) atoms. The summed E-state index contributed by atoms with van der Waals surface area (Å²) >= 11 is 5.22. The lowest BCUT2D eigenvalue weighted by atomic mass is 9.75. The van der Waals surface area contributed by atoms with Gasteiger partial charge in [-0.25, -0.2) is 0 Å². The van der Waals surface area contributed by atoms with E-state index in [0.29, 0.717) is 23.7 Å². The molecule has 2 N–H and O–H groups in total. The van der Waals surface area contributed by atoms with Gasteiger partial charge in [-0.05, 0) is 31.6 Å². The summed E-state index contributed by atoms with van der Waals surface area (Å²) in [6.07, 6.45) is 3.57. The molecule has 0 aromatic carbocycles. The number of thiocarbonyl (C=S) groups is 1. The molecule has 0 aromatic heterocycles. The molecule has 0 unspecified atom stereocenters. The molecule has 1 heterocycles. The smallest absolute Gasteiger partial charge is 0.236 e. The number of imide groups is 1. The molecule has 2 amide bonds. The van der Waals surface area contributed by atoms with Crippen LogP contribution in [-0.2, 0) is 9.59 Å². The molecule has 0 aromatic rings. The molecule has 0 spiro atoms. The van der Waals surface area contributed by atoms with Gasteiger partial charge in [0.05, 0.1) is 10.4 Å². The molecular formula is C14H22N2O2S. The van der Waals surface area contributed by atoms with E-state index >= 15 is 0 Å². The van der Waals surface area contributed by atoms with Crippen LogP contribution in [0.1, 0.15) is 52.9 Å². The highest BCUT2D eigenvalue weighted by atomic mass is 32.1. The largest absolute Gasteiger partial charge is 0.391 e. The van der Waals surface area contributed by atoms with E-state index in [1.54, 1.807) is 0 Å². The fourth-order valence-corrected chi connectivity index (χ4v) is 3.50. The number of amides is 2. The van der Waals surface area contributed by atoms with E-state index < -0.39 is 11.0 Å². The molecule has 2 fully saturated rings. The van der Waals surface area contributed by atoms with Crippen LogP contribution >= 0.6 is 12.2 Å². The van der Waals surface area contributed by atoms with Gasteiger partial charge in [-0.1, -0.05) is 33.0 Å². The Bertz CT molecular complexity index is 437. The standard InChI is InChI=1S/C14H22N2O2S/c1-9-4-6-14(7-5-9,11(15)19)16-10(17)8-13(2,3)12(16)18/h9H,4-8H2,1-3H3,(H2,15,19). The van der Waals surface area contributed by atoms with E-state index in [1.807, 2.05) is 13.8 Å². The Morgan fingerprint density at radius 2 is 1.84 bits per heavy atom. The Morgan fingerprint density at radius 3 is 2.21 bits per heavy atom. The van der Waals surface area contributed by atoms with Gasteiger partial charge in [0.15, 0.2) is 0 Å². The molecule has 4 nitrogen and oxygen atoms in total. The summed E-state index contributed by atoms with van der Waals surface area (Å²) in [5.41, 5.74) is 4.58. The molecule has 2 aliphatic rings. The fraction of sp³-hybridized carbons (Fsp3) is 0.786. The van der Waals surface area contributed by atoms with Crippen molar-refractivity contribution >= 4 is 29.0 Å². The average molecular weight is 282 g/mol. The molecule has 1 saturated carbocycles. The Kier molecular flexibility index (Phi) is 3.45. The lowest BCUT2D eigenvalue weighted by Gasteiger charge is -2.44. The fourth-order valence-electron chi connectivity index (χ4n) is 3.20. The van der Waals surface area contributed by atoms with Crippen molar-refractivity contribution in [1.82, 2.24) is 4.90 Å². The maximum atomic E-state index is 12.5. The second-order valence-corrected chi connectivity index (χ2v) is 7.11. The molecule has 106 valence electrons. The molecule has 5 heteroatoms. The third-order valence-electron chi connectivity index (χ3n) is 4.61. The minimum Gasteiger partial charge on any atom is -0.391 e. The van der Waals surface area contributed by atoms with Gasteiger partial charge in [-0.15, -0.1) is 0 Å². The van der Waals surface area contributed by atoms with Gasteiger partial charge >= 0.3 is 0 Å². The molecule has 2 rings (SSSR count). The Balaban J connectivity index is 2.38. The highest BCUT2D eigenvalue weighted by Gasteiger charge is 2.55. The molecular weight excluding hydrogens is 260 g/mol. The predicted octanol–water partition coefficient (Wildman–Crippen LogP) is 2.01. The number of likely N-dealkylation sites (tertiary alicyclic amines) is 1. The Morgan fingerprint density at radius 1 is 1.32 bits per heavy atom. The molecule has 1 aliphatic heterocycles. The predicted molar refractivity (Wildman–Crippen MR) is 77.4 cm³/mol. The van der Waals surface area contributed by atoms with Crippen LogP contribution in [0.15, 0.2) is 0 Å². The van der Waals surface area contributed by atoms with Crippen LogP contribution in [0.5, 0.6) is 0 Å². The molecule has 0 bridgehead atoms. The van der Waals surface area contributed by atoms with Crippen molar-refractivity contribution in [2.75, 3.05) is 0 Å². The number of hydrogen-bond donors (Lipinski definition) is 1. The maximum Gasteiger partial charge on any atom is 0.236 e. The first-order valence-electron chi connectivity index (χ1n) is 6.88. The Labute approximate surface area is 119 Å². The highest BCUT2D eigenvalue weighted by molar-refractivity contribution is 7.80. The molecule has 1 saturated heterocycles. The summed E-state index contributed by atoms with van der Waals surface area (Å²) in [6, 6.07) is 0. The zero-order valence-corrected chi connectivity index (χ0v) is 12.7. The summed E-state index contributed by atoms with van der Waals surface area (Å²) in [5, 5.41) is 0. The summed E-state index contributed by atoms with van der Waals surface area (Å²) in [6.45, 7) is 5.80. The van der Waals surface area contributed by atoms with E-state index in [1.165, 1.54) is 4.90 Å². The monoisotopic (exact) mass is 282 g/mol. The van der Waals surface area contributed by atoms with Gasteiger partial charge < -0.3 is 5.73 Å². The Hall–Kier alpha value is -0.970. The summed E-state index contributed by atoms with van der Waals surface area (Å²) in [4.78, 5) is 26.5. The molecule has 0 radical (unpaired) electrons.